The van der Waals surface area contributed by atoms with Gasteiger partial charge in [-0.15, -0.1) is 0 Å². The van der Waals surface area contributed by atoms with Gasteiger partial charge in [-0.2, -0.15) is 0 Å². The minimum Gasteiger partial charge on any atom is -1.00 e. The second-order valence-corrected chi connectivity index (χ2v) is 2.43. The fourth-order valence-corrected chi connectivity index (χ4v) is 0.887. The maximum absolute atomic E-state index is 5.76. The number of pyridine rings is 1. The van der Waals surface area contributed by atoms with Crippen molar-refractivity contribution < 1.29 is 33.3 Å². The molecular weight excluding hydrogens is 276 g/mol. The van der Waals surface area contributed by atoms with Crippen molar-refractivity contribution in [3.05, 3.63) is 23.5 Å². The van der Waals surface area contributed by atoms with E-state index in [2.05, 4.69) is 0 Å². The first-order valence-corrected chi connectivity index (χ1v) is 3.30. The van der Waals surface area contributed by atoms with Crippen molar-refractivity contribution >= 4 is 11.6 Å². The lowest BCUT2D eigenvalue weighted by Crippen LogP contribution is -3.00. The average Bonchev–Trinajstić information content (AvgIpc) is 1.94. The van der Waals surface area contributed by atoms with Crippen molar-refractivity contribution in [2.24, 2.45) is 7.05 Å². The minimum absolute atomic E-state index is 0. The number of nitrogens with zero attached hydrogens (tertiary/aromatic N) is 1. The number of hydrogen-bond donors (Lipinski definition) is 0. The fourth-order valence-electron chi connectivity index (χ4n) is 0.705. The predicted molar refractivity (Wildman–Crippen MR) is 39.2 cm³/mol. The van der Waals surface area contributed by atoms with Gasteiger partial charge < -0.3 is 28.7 Å². The Balaban J connectivity index is 0.000001000. The third-order valence-corrected chi connectivity index (χ3v) is 1.54. The van der Waals surface area contributed by atoms with E-state index in [9.17, 15) is 0 Å². The number of aryl methyl sites for hydroxylation is 1. The van der Waals surface area contributed by atoms with E-state index in [1.807, 2.05) is 24.0 Å². The third kappa shape index (κ3) is 2.83. The number of rotatable bonds is 1. The fraction of sp³-hybridized carbons (Fsp3) is 0.286. The van der Waals surface area contributed by atoms with Crippen molar-refractivity contribution in [1.29, 1.82) is 0 Å². The summed E-state index contributed by atoms with van der Waals surface area (Å²) in [5.74, 6) is 0.701. The van der Waals surface area contributed by atoms with Crippen LogP contribution in [0.2, 0.25) is 5.02 Å². The molecule has 4 heteroatoms. The molecule has 0 radical (unpaired) electrons. The molecule has 0 atom stereocenters. The summed E-state index contributed by atoms with van der Waals surface area (Å²) in [5.41, 5.74) is 0. The Bertz CT molecular complexity index is 242. The van der Waals surface area contributed by atoms with Crippen molar-refractivity contribution in [3.8, 4) is 5.75 Å². The van der Waals surface area contributed by atoms with Crippen LogP contribution < -0.4 is 33.3 Å². The highest BCUT2D eigenvalue weighted by Crippen LogP contribution is 2.19. The molecule has 0 aliphatic rings. The van der Waals surface area contributed by atoms with Crippen molar-refractivity contribution in [2.45, 2.75) is 0 Å². The Morgan fingerprint density at radius 1 is 1.55 bits per heavy atom. The Morgan fingerprint density at radius 2 is 2.18 bits per heavy atom. The minimum atomic E-state index is 0. The van der Waals surface area contributed by atoms with Crippen molar-refractivity contribution in [2.75, 3.05) is 7.11 Å². The van der Waals surface area contributed by atoms with Gasteiger partial charge in [0.25, 0.3) is 0 Å². The highest BCUT2D eigenvalue weighted by atomic mass is 127. The molecule has 0 aliphatic carbocycles. The third-order valence-electron chi connectivity index (χ3n) is 1.23. The number of ether oxygens (including phenoxy) is 1. The molecular formula is C7H9ClINO. The van der Waals surface area contributed by atoms with Crippen LogP contribution in [0.4, 0.5) is 0 Å². The summed E-state index contributed by atoms with van der Waals surface area (Å²) in [6.45, 7) is 0. The van der Waals surface area contributed by atoms with Gasteiger partial charge in [0.05, 0.1) is 12.1 Å². The molecule has 0 saturated heterocycles. The van der Waals surface area contributed by atoms with E-state index < -0.39 is 0 Å². The zero-order chi connectivity index (χ0) is 7.56. The molecule has 0 spiro atoms. The van der Waals surface area contributed by atoms with Crippen LogP contribution in [0.15, 0.2) is 18.5 Å². The number of aromatic nitrogens is 1. The summed E-state index contributed by atoms with van der Waals surface area (Å²) in [4.78, 5) is 0. The number of halogens is 2. The molecule has 1 rings (SSSR count). The molecule has 0 unspecified atom stereocenters. The number of methoxy groups -OCH3 is 1. The zero-order valence-corrected chi connectivity index (χ0v) is 9.26. The van der Waals surface area contributed by atoms with Gasteiger partial charge in [0.15, 0.2) is 6.20 Å². The molecule has 0 aliphatic heterocycles. The molecule has 1 aromatic rings. The smallest absolute Gasteiger partial charge is 0.212 e. The molecule has 0 amide bonds. The van der Waals surface area contributed by atoms with Crippen LogP contribution in [0.1, 0.15) is 0 Å². The molecule has 1 heterocycles. The topological polar surface area (TPSA) is 13.1 Å². The molecule has 0 N–H and O–H groups in total. The lowest BCUT2D eigenvalue weighted by molar-refractivity contribution is -0.671. The van der Waals surface area contributed by atoms with Gasteiger partial charge in [-0.05, 0) is 0 Å². The summed E-state index contributed by atoms with van der Waals surface area (Å²) >= 11 is 5.76. The van der Waals surface area contributed by atoms with Crippen LogP contribution in [-0.4, -0.2) is 7.11 Å². The van der Waals surface area contributed by atoms with Gasteiger partial charge in [0, 0.05) is 6.07 Å². The van der Waals surface area contributed by atoms with E-state index in [1.54, 1.807) is 13.2 Å². The van der Waals surface area contributed by atoms with Crippen LogP contribution in [0, 0.1) is 0 Å². The van der Waals surface area contributed by atoms with Crippen molar-refractivity contribution in [3.63, 3.8) is 0 Å². The lowest BCUT2D eigenvalue weighted by Gasteiger charge is -1.97. The maximum atomic E-state index is 5.76. The van der Waals surface area contributed by atoms with Crippen LogP contribution >= 0.6 is 11.6 Å². The van der Waals surface area contributed by atoms with E-state index in [0.29, 0.717) is 10.8 Å². The van der Waals surface area contributed by atoms with Crippen LogP contribution in [0.5, 0.6) is 5.75 Å². The maximum Gasteiger partial charge on any atom is 0.212 e. The van der Waals surface area contributed by atoms with E-state index >= 15 is 0 Å². The highest BCUT2D eigenvalue weighted by Gasteiger charge is 2.02. The van der Waals surface area contributed by atoms with Gasteiger partial charge >= 0.3 is 0 Å². The molecule has 0 aromatic carbocycles. The van der Waals surface area contributed by atoms with Gasteiger partial charge in [-0.1, -0.05) is 11.6 Å². The van der Waals surface area contributed by atoms with Crippen LogP contribution in [0.25, 0.3) is 0 Å². The lowest BCUT2D eigenvalue weighted by atomic mass is 10.4. The average molecular weight is 286 g/mol. The second kappa shape index (κ2) is 4.77. The van der Waals surface area contributed by atoms with E-state index in [4.69, 9.17) is 16.3 Å². The van der Waals surface area contributed by atoms with E-state index in [0.717, 1.165) is 0 Å². The van der Waals surface area contributed by atoms with Gasteiger partial charge in [-0.3, -0.25) is 0 Å². The molecule has 0 fully saturated rings. The van der Waals surface area contributed by atoms with Crippen molar-refractivity contribution in [1.82, 2.24) is 0 Å². The quantitative estimate of drug-likeness (QED) is 0.437. The Hall–Kier alpha value is -0.0300. The standard InChI is InChI=1S/C7H9ClNO.HI/c1-9-4-3-6(8)7(5-9)10-2;/h3-5H,1-2H3;1H/q+1;/p-1. The SMILES string of the molecule is COc1c[n+](C)ccc1Cl.[I-]. The Morgan fingerprint density at radius 3 is 2.64 bits per heavy atom. The van der Waals surface area contributed by atoms with E-state index in [1.165, 1.54) is 0 Å². The molecule has 2 nitrogen and oxygen atoms in total. The predicted octanol–water partition coefficient (Wildman–Crippen LogP) is -1.82. The summed E-state index contributed by atoms with van der Waals surface area (Å²) in [7, 11) is 3.51. The van der Waals surface area contributed by atoms with Gasteiger partial charge in [0.2, 0.25) is 11.9 Å². The van der Waals surface area contributed by atoms with Crippen LogP contribution in [-0.2, 0) is 7.05 Å². The molecule has 0 bridgehead atoms. The summed E-state index contributed by atoms with van der Waals surface area (Å²) in [5, 5.41) is 0.639. The zero-order valence-electron chi connectivity index (χ0n) is 6.34. The molecule has 62 valence electrons. The van der Waals surface area contributed by atoms with Crippen LogP contribution in [0.3, 0.4) is 0 Å². The first kappa shape index (κ1) is 11.0. The second-order valence-electron chi connectivity index (χ2n) is 2.03. The highest BCUT2D eigenvalue weighted by molar-refractivity contribution is 6.31. The normalized spacial score (nSPS) is 8.64. The molecule has 11 heavy (non-hydrogen) atoms. The number of hydrogen-bond acceptors (Lipinski definition) is 1. The van der Waals surface area contributed by atoms with Gasteiger partial charge in [0.1, 0.15) is 7.05 Å². The summed E-state index contributed by atoms with van der Waals surface area (Å²) in [6, 6.07) is 1.79. The first-order chi connectivity index (χ1) is 4.74. The summed E-state index contributed by atoms with van der Waals surface area (Å²) in [6.07, 6.45) is 3.69. The molecule has 0 saturated carbocycles. The summed E-state index contributed by atoms with van der Waals surface area (Å²) < 4.78 is 6.85. The van der Waals surface area contributed by atoms with Gasteiger partial charge in [-0.25, -0.2) is 4.57 Å². The monoisotopic (exact) mass is 285 g/mol. The first-order valence-electron chi connectivity index (χ1n) is 2.93. The Kier molecular flexibility index (Phi) is 4.76. The largest absolute Gasteiger partial charge is 1.00 e. The van der Waals surface area contributed by atoms with E-state index in [-0.39, 0.29) is 24.0 Å². The Labute approximate surface area is 88.2 Å². The molecule has 1 aromatic heterocycles.